The Balaban J connectivity index is 2.01. The van der Waals surface area contributed by atoms with E-state index < -0.39 is 43.4 Å². The lowest BCUT2D eigenvalue weighted by atomic mass is 10.1. The van der Waals surface area contributed by atoms with Crippen LogP contribution in [0.15, 0.2) is 30.6 Å². The first-order chi connectivity index (χ1) is 15.9. The molecule has 0 aliphatic carbocycles. The summed E-state index contributed by atoms with van der Waals surface area (Å²) >= 11 is 0. The molecule has 3 heterocycles. The van der Waals surface area contributed by atoms with Gasteiger partial charge >= 0.3 is 0 Å². The molecule has 1 N–H and O–H groups in total. The largest absolute Gasteiger partial charge is 0.490 e. The molecule has 29 heavy (non-hydrogen) atoms. The van der Waals surface area contributed by atoms with Crippen molar-refractivity contribution in [2.75, 3.05) is 17.9 Å². The van der Waals surface area contributed by atoms with Crippen LogP contribution in [-0.2, 0) is 6.54 Å². The predicted octanol–water partition coefficient (Wildman–Crippen LogP) is 2.96. The maximum atomic E-state index is 14.5. The Morgan fingerprint density at radius 3 is 3.17 bits per heavy atom. The van der Waals surface area contributed by atoms with Gasteiger partial charge in [0.25, 0.3) is 5.91 Å². The molecule has 4 rings (SSSR count). The Bertz CT molecular complexity index is 1320. The number of fused-ring (bicyclic) bond motifs is 2. The molecule has 2 bridgehead atoms. The third-order valence-electron chi connectivity index (χ3n) is 4.51. The second kappa shape index (κ2) is 7.39. The minimum atomic E-state index is -3.14. The summed E-state index contributed by atoms with van der Waals surface area (Å²) in [4.78, 5) is 21.1. The van der Waals surface area contributed by atoms with Crippen molar-refractivity contribution in [2.45, 2.75) is 26.4 Å². The first kappa shape index (κ1) is 13.5. The van der Waals surface area contributed by atoms with Crippen molar-refractivity contribution >= 4 is 23.1 Å². The monoisotopic (exact) mass is 399 g/mol. The number of hydrogen-bond donors (Lipinski definition) is 1. The molecule has 1 amide bonds. The third kappa shape index (κ3) is 3.33. The summed E-state index contributed by atoms with van der Waals surface area (Å²) in [6.45, 7) is 2.48. The SMILES string of the molecule is [2H]C([2H])([2H])C([2H])([2H])N1Cc2c(ccc(F)c2[N+]#[C-])O[C@@H](C)CNC(=O)c2cnn3ccc1nc23. The van der Waals surface area contributed by atoms with Crippen molar-refractivity contribution in [1.82, 2.24) is 19.9 Å². The van der Waals surface area contributed by atoms with Gasteiger partial charge in [-0.15, -0.1) is 0 Å². The molecule has 3 aromatic rings. The molecule has 1 atom stereocenters. The maximum Gasteiger partial charge on any atom is 0.256 e. The van der Waals surface area contributed by atoms with E-state index in [4.69, 9.17) is 18.2 Å². The van der Waals surface area contributed by atoms with Crippen molar-refractivity contribution < 1.29 is 20.8 Å². The number of nitrogens with zero attached hydrogens (tertiary/aromatic N) is 5. The summed E-state index contributed by atoms with van der Waals surface area (Å²) < 4.78 is 61.9. The molecule has 0 unspecified atom stereocenters. The molecular formula is C20H19FN6O2. The average Bonchev–Trinajstić information content (AvgIpc) is 3.19. The van der Waals surface area contributed by atoms with Gasteiger partial charge in [-0.2, -0.15) is 5.10 Å². The van der Waals surface area contributed by atoms with Crippen LogP contribution in [0.3, 0.4) is 0 Å². The zero-order chi connectivity index (χ0) is 24.8. The van der Waals surface area contributed by atoms with Gasteiger partial charge < -0.3 is 15.0 Å². The molecule has 2 aromatic heterocycles. The highest BCUT2D eigenvalue weighted by Crippen LogP contribution is 2.34. The number of carbonyl (C=O) groups is 1. The second-order valence-corrected chi connectivity index (χ2v) is 6.43. The van der Waals surface area contributed by atoms with Gasteiger partial charge in [-0.1, -0.05) is 0 Å². The number of hydrogen-bond acceptors (Lipinski definition) is 5. The highest BCUT2D eigenvalue weighted by atomic mass is 19.1. The molecule has 148 valence electrons. The topological polar surface area (TPSA) is 76.1 Å². The van der Waals surface area contributed by atoms with Gasteiger partial charge in [-0.25, -0.2) is 18.7 Å². The number of ether oxygens (including phenoxy) is 1. The van der Waals surface area contributed by atoms with Crippen LogP contribution >= 0.6 is 0 Å². The number of nitrogens with one attached hydrogen (secondary N) is 1. The van der Waals surface area contributed by atoms with Crippen LogP contribution in [-0.4, -0.2) is 39.7 Å². The maximum absolute atomic E-state index is 14.5. The highest BCUT2D eigenvalue weighted by molar-refractivity contribution is 5.99. The predicted molar refractivity (Wildman–Crippen MR) is 105 cm³/mol. The van der Waals surface area contributed by atoms with Gasteiger partial charge in [0.15, 0.2) is 5.65 Å². The fourth-order valence-corrected chi connectivity index (χ4v) is 3.07. The second-order valence-electron chi connectivity index (χ2n) is 6.43. The molecule has 0 saturated heterocycles. The third-order valence-corrected chi connectivity index (χ3v) is 4.51. The molecule has 1 aliphatic heterocycles. The summed E-state index contributed by atoms with van der Waals surface area (Å²) in [5, 5.41) is 6.76. The minimum absolute atomic E-state index is 0.0454. The number of amides is 1. The van der Waals surface area contributed by atoms with Crippen molar-refractivity contribution in [3.63, 3.8) is 0 Å². The Morgan fingerprint density at radius 1 is 1.52 bits per heavy atom. The van der Waals surface area contributed by atoms with Crippen molar-refractivity contribution in [1.29, 1.82) is 0 Å². The molecule has 9 heteroatoms. The number of halogens is 1. The van der Waals surface area contributed by atoms with E-state index in [0.717, 1.165) is 11.0 Å². The van der Waals surface area contributed by atoms with E-state index in [9.17, 15) is 9.18 Å². The lowest BCUT2D eigenvalue weighted by Gasteiger charge is -2.25. The van der Waals surface area contributed by atoms with Gasteiger partial charge in [0.2, 0.25) is 5.69 Å². The number of carbonyl (C=O) groups excluding carboxylic acids is 1. The van der Waals surface area contributed by atoms with Crippen LogP contribution < -0.4 is 15.0 Å². The molecular weight excluding hydrogens is 375 g/mol. The Kier molecular flexibility index (Phi) is 3.44. The lowest BCUT2D eigenvalue weighted by Crippen LogP contribution is -2.33. The Morgan fingerprint density at radius 2 is 2.38 bits per heavy atom. The van der Waals surface area contributed by atoms with E-state index in [1.807, 2.05) is 0 Å². The van der Waals surface area contributed by atoms with Crippen molar-refractivity contribution in [2.24, 2.45) is 0 Å². The summed E-state index contributed by atoms with van der Waals surface area (Å²) in [6.07, 6.45) is 2.07. The van der Waals surface area contributed by atoms with Crippen molar-refractivity contribution in [3.8, 4) is 5.75 Å². The fraction of sp³-hybridized carbons (Fsp3) is 0.300. The molecule has 8 nitrogen and oxygen atoms in total. The number of benzene rings is 1. The van der Waals surface area contributed by atoms with Crippen LogP contribution in [0, 0.1) is 12.4 Å². The molecule has 1 aliphatic rings. The van der Waals surface area contributed by atoms with Gasteiger partial charge in [-0.05, 0) is 32.0 Å². The zero-order valence-electron chi connectivity index (χ0n) is 20.3. The van der Waals surface area contributed by atoms with Gasteiger partial charge in [0.05, 0.1) is 19.3 Å². The summed E-state index contributed by atoms with van der Waals surface area (Å²) in [5.74, 6) is -1.47. The van der Waals surface area contributed by atoms with Gasteiger partial charge in [0, 0.05) is 31.7 Å². The average molecular weight is 399 g/mol. The van der Waals surface area contributed by atoms with Crippen LogP contribution in [0.1, 0.15) is 36.6 Å². The number of rotatable bonds is 1. The molecule has 0 saturated carbocycles. The lowest BCUT2D eigenvalue weighted by molar-refractivity contribution is 0.0933. The van der Waals surface area contributed by atoms with Gasteiger partial charge in [-0.3, -0.25) is 4.79 Å². The standard InChI is InChI=1S/C20H19FN6O2/c1-4-26-11-14-16(6-5-15(21)18(14)22-3)29-12(2)9-23-20(28)13-10-24-27-8-7-17(26)25-19(13)27/h5-8,10,12H,4,9,11H2,1-2H3,(H,23,28)/t12-/m0/s1/i1D3,4D2. The van der Waals surface area contributed by atoms with E-state index >= 15 is 0 Å². The molecule has 1 aromatic carbocycles. The molecule has 0 fully saturated rings. The van der Waals surface area contributed by atoms with Crippen LogP contribution in [0.4, 0.5) is 15.9 Å². The number of aromatic nitrogens is 3. The van der Waals surface area contributed by atoms with Crippen LogP contribution in [0.25, 0.3) is 10.5 Å². The summed E-state index contributed by atoms with van der Waals surface area (Å²) in [7, 11) is 0. The van der Waals surface area contributed by atoms with E-state index in [2.05, 4.69) is 20.2 Å². The normalized spacial score (nSPS) is 20.3. The first-order valence-corrected chi connectivity index (χ1v) is 8.69. The van der Waals surface area contributed by atoms with Gasteiger partial charge in [0.1, 0.15) is 29.1 Å². The van der Waals surface area contributed by atoms with E-state index in [1.54, 1.807) is 6.92 Å². The van der Waals surface area contributed by atoms with Crippen LogP contribution in [0.5, 0.6) is 5.75 Å². The quantitative estimate of drug-likeness (QED) is 0.637. The molecule has 0 radical (unpaired) electrons. The zero-order valence-corrected chi connectivity index (χ0v) is 15.3. The van der Waals surface area contributed by atoms with E-state index in [-0.39, 0.29) is 34.9 Å². The minimum Gasteiger partial charge on any atom is -0.490 e. The van der Waals surface area contributed by atoms with E-state index in [1.165, 1.54) is 29.0 Å². The van der Waals surface area contributed by atoms with Crippen molar-refractivity contribution in [3.05, 3.63) is 59.0 Å². The van der Waals surface area contributed by atoms with Crippen LogP contribution in [0.2, 0.25) is 0 Å². The van der Waals surface area contributed by atoms with E-state index in [0.29, 0.717) is 0 Å². The highest BCUT2D eigenvalue weighted by Gasteiger charge is 2.22. The Hall–Kier alpha value is -3.67. The smallest absolute Gasteiger partial charge is 0.256 e. The summed E-state index contributed by atoms with van der Waals surface area (Å²) in [6, 6.07) is 3.65. The Labute approximate surface area is 173 Å². The first-order valence-electron chi connectivity index (χ1n) is 11.2. The molecule has 0 spiro atoms. The number of anilines is 1. The summed E-state index contributed by atoms with van der Waals surface area (Å²) in [5.41, 5.74) is -0.316. The fourth-order valence-electron chi connectivity index (χ4n) is 3.07.